The summed E-state index contributed by atoms with van der Waals surface area (Å²) in [5.74, 6) is 0.979. The molecule has 0 amide bonds. The summed E-state index contributed by atoms with van der Waals surface area (Å²) in [4.78, 5) is 4.37. The molecule has 5 nitrogen and oxygen atoms in total. The van der Waals surface area contributed by atoms with Crippen LogP contribution in [0.4, 0.5) is 13.2 Å². The Morgan fingerprint density at radius 1 is 1.04 bits per heavy atom. The summed E-state index contributed by atoms with van der Waals surface area (Å²) >= 11 is 1.95. The second-order valence-corrected chi connectivity index (χ2v) is 6.79. The summed E-state index contributed by atoms with van der Waals surface area (Å²) < 4.78 is 47.9. The topological polar surface area (TPSA) is 44.3 Å². The number of alkyl halides is 3. The van der Waals surface area contributed by atoms with Crippen LogP contribution in [0.2, 0.25) is 0 Å². The smallest absolute Gasteiger partial charge is 0.417 e. The third kappa shape index (κ3) is 3.64. The van der Waals surface area contributed by atoms with Crippen LogP contribution in [0, 0.1) is 3.70 Å². The number of hydrogen-bond acceptors (Lipinski definition) is 3. The number of nitrogens with zero attached hydrogens (tertiary/aromatic N) is 4. The molecule has 0 saturated carbocycles. The molecule has 0 atom stereocenters. The van der Waals surface area contributed by atoms with E-state index >= 15 is 0 Å². The monoisotopic (exact) mass is 484 g/mol. The average molecular weight is 484 g/mol. The molecule has 3 heterocycles. The number of halogens is 4. The van der Waals surface area contributed by atoms with Crippen molar-refractivity contribution in [3.63, 3.8) is 0 Å². The molecule has 4 aromatic rings. The van der Waals surface area contributed by atoms with E-state index in [-0.39, 0.29) is 0 Å². The van der Waals surface area contributed by atoms with Crippen molar-refractivity contribution in [3.8, 4) is 11.6 Å². The van der Waals surface area contributed by atoms with E-state index in [4.69, 9.17) is 4.74 Å². The summed E-state index contributed by atoms with van der Waals surface area (Å²) in [5.41, 5.74) is 0.695. The van der Waals surface area contributed by atoms with Gasteiger partial charge in [0.15, 0.2) is 11.6 Å². The number of rotatable bonds is 4. The van der Waals surface area contributed by atoms with Crippen LogP contribution in [0.5, 0.6) is 5.75 Å². The second-order valence-electron chi connectivity index (χ2n) is 5.76. The van der Waals surface area contributed by atoms with Gasteiger partial charge in [0.25, 0.3) is 0 Å². The highest BCUT2D eigenvalue weighted by Crippen LogP contribution is 2.30. The molecule has 4 rings (SSSR count). The molecule has 138 valence electrons. The Bertz CT molecular complexity index is 1090. The lowest BCUT2D eigenvalue weighted by Gasteiger charge is -2.06. The summed E-state index contributed by atoms with van der Waals surface area (Å²) in [6.45, 7) is 0.393. The normalized spacial score (nSPS) is 11.9. The molecule has 9 heteroatoms. The Morgan fingerprint density at radius 3 is 2.56 bits per heavy atom. The third-order valence-corrected chi connectivity index (χ3v) is 4.90. The summed E-state index contributed by atoms with van der Waals surface area (Å²) in [5, 5.41) is 4.21. The van der Waals surface area contributed by atoms with Crippen LogP contribution in [0.3, 0.4) is 0 Å². The second kappa shape index (κ2) is 6.87. The van der Waals surface area contributed by atoms with E-state index < -0.39 is 11.7 Å². The minimum Gasteiger partial charge on any atom is -0.486 e. The van der Waals surface area contributed by atoms with Crippen LogP contribution < -0.4 is 4.74 Å². The summed E-state index contributed by atoms with van der Waals surface area (Å²) in [7, 11) is 0. The third-order valence-electron chi connectivity index (χ3n) is 3.90. The first-order valence-corrected chi connectivity index (χ1v) is 8.96. The molecule has 1 aromatic carbocycles. The van der Waals surface area contributed by atoms with Crippen LogP contribution in [0.15, 0.2) is 61.1 Å². The molecular weight excluding hydrogens is 472 g/mol. The van der Waals surface area contributed by atoms with E-state index in [1.165, 1.54) is 15.1 Å². The van der Waals surface area contributed by atoms with E-state index in [9.17, 15) is 13.2 Å². The van der Waals surface area contributed by atoms with Crippen LogP contribution in [-0.2, 0) is 12.8 Å². The van der Waals surface area contributed by atoms with Crippen molar-refractivity contribution < 1.29 is 17.9 Å². The van der Waals surface area contributed by atoms with Crippen LogP contribution in [-0.4, -0.2) is 19.2 Å². The van der Waals surface area contributed by atoms with Gasteiger partial charge in [-0.1, -0.05) is 30.3 Å². The van der Waals surface area contributed by atoms with Crippen molar-refractivity contribution in [2.24, 2.45) is 0 Å². The molecule has 27 heavy (non-hydrogen) atoms. The van der Waals surface area contributed by atoms with Crippen molar-refractivity contribution in [3.05, 3.63) is 75.9 Å². The fourth-order valence-electron chi connectivity index (χ4n) is 2.55. The lowest BCUT2D eigenvalue weighted by molar-refractivity contribution is -0.137. The Kier molecular flexibility index (Phi) is 4.54. The van der Waals surface area contributed by atoms with Gasteiger partial charge in [-0.15, -0.1) is 0 Å². The van der Waals surface area contributed by atoms with E-state index in [2.05, 4.69) is 10.1 Å². The van der Waals surface area contributed by atoms with E-state index in [1.54, 1.807) is 12.4 Å². The Labute approximate surface area is 165 Å². The summed E-state index contributed by atoms with van der Waals surface area (Å²) in [6, 6.07) is 12.0. The van der Waals surface area contributed by atoms with Gasteiger partial charge in [-0.3, -0.25) is 4.40 Å². The van der Waals surface area contributed by atoms with Gasteiger partial charge in [-0.2, -0.15) is 18.3 Å². The number of imidazole rings is 1. The number of ether oxygens (including phenoxy) is 1. The number of aromatic nitrogens is 4. The van der Waals surface area contributed by atoms with Gasteiger partial charge < -0.3 is 4.74 Å². The molecule has 0 spiro atoms. The highest BCUT2D eigenvalue weighted by atomic mass is 127. The van der Waals surface area contributed by atoms with E-state index in [1.807, 2.05) is 52.9 Å². The average Bonchev–Trinajstić information content (AvgIpc) is 3.24. The Morgan fingerprint density at radius 2 is 1.81 bits per heavy atom. The van der Waals surface area contributed by atoms with Gasteiger partial charge in [0.05, 0.1) is 18.0 Å². The van der Waals surface area contributed by atoms with Crippen LogP contribution >= 0.6 is 22.6 Å². The fraction of sp³-hybridized carbons (Fsp3) is 0.111. The standard InChI is InChI=1S/C18H12F3IN4O/c19-18(20,21)13-6-7-15-24-17(16(22)25(15)9-13)26-10-14(8-23-26)27-11-12-4-2-1-3-5-12/h1-10H,11H2. The molecule has 0 fully saturated rings. The molecule has 0 aliphatic heterocycles. The molecule has 0 bridgehead atoms. The number of benzene rings is 1. The number of pyridine rings is 1. The van der Waals surface area contributed by atoms with Crippen molar-refractivity contribution in [1.82, 2.24) is 19.2 Å². The minimum absolute atomic E-state index is 0.393. The molecule has 0 saturated heterocycles. The zero-order valence-electron chi connectivity index (χ0n) is 13.7. The Balaban J connectivity index is 1.61. The molecule has 0 unspecified atom stereocenters. The van der Waals surface area contributed by atoms with Gasteiger partial charge >= 0.3 is 6.18 Å². The number of hydrogen-bond donors (Lipinski definition) is 0. The van der Waals surface area contributed by atoms with Crippen molar-refractivity contribution in [1.29, 1.82) is 0 Å². The van der Waals surface area contributed by atoms with Crippen molar-refractivity contribution >= 4 is 28.2 Å². The van der Waals surface area contributed by atoms with E-state index in [0.717, 1.165) is 17.8 Å². The van der Waals surface area contributed by atoms with Gasteiger partial charge in [0.2, 0.25) is 0 Å². The first kappa shape index (κ1) is 17.8. The van der Waals surface area contributed by atoms with Crippen LogP contribution in [0.25, 0.3) is 11.5 Å². The lowest BCUT2D eigenvalue weighted by atomic mass is 10.2. The maximum Gasteiger partial charge on any atom is 0.417 e. The quantitative estimate of drug-likeness (QED) is 0.394. The summed E-state index contributed by atoms with van der Waals surface area (Å²) in [6.07, 6.45) is -0.183. The van der Waals surface area contributed by atoms with Gasteiger partial charge in [0, 0.05) is 6.20 Å². The zero-order valence-corrected chi connectivity index (χ0v) is 15.8. The minimum atomic E-state index is -4.41. The fourth-order valence-corrected chi connectivity index (χ4v) is 3.31. The number of fused-ring (bicyclic) bond motifs is 1. The Hall–Kier alpha value is -2.56. The maximum absolute atomic E-state index is 12.9. The highest BCUT2D eigenvalue weighted by Gasteiger charge is 2.31. The SMILES string of the molecule is FC(F)(F)c1ccc2nc(-n3cc(OCc4ccccc4)cn3)c(I)n2c1. The maximum atomic E-state index is 12.9. The zero-order chi connectivity index (χ0) is 19.0. The van der Waals surface area contributed by atoms with E-state index in [0.29, 0.717) is 27.5 Å². The molecule has 0 aliphatic rings. The predicted molar refractivity (Wildman–Crippen MR) is 101 cm³/mol. The van der Waals surface area contributed by atoms with Crippen LogP contribution in [0.1, 0.15) is 11.1 Å². The predicted octanol–water partition coefficient (Wildman–Crippen LogP) is 4.72. The van der Waals surface area contributed by atoms with Crippen molar-refractivity contribution in [2.45, 2.75) is 12.8 Å². The molecule has 3 aromatic heterocycles. The first-order valence-electron chi connectivity index (χ1n) is 7.88. The first-order chi connectivity index (χ1) is 12.9. The molecule has 0 N–H and O–H groups in total. The highest BCUT2D eigenvalue weighted by molar-refractivity contribution is 14.1. The molecule has 0 radical (unpaired) electrons. The molecule has 0 aliphatic carbocycles. The largest absolute Gasteiger partial charge is 0.486 e. The van der Waals surface area contributed by atoms with Crippen molar-refractivity contribution in [2.75, 3.05) is 0 Å². The van der Waals surface area contributed by atoms with Gasteiger partial charge in [0.1, 0.15) is 16.0 Å². The molecular formula is C18H12F3IN4O. The van der Waals surface area contributed by atoms with Gasteiger partial charge in [-0.05, 0) is 40.3 Å². The van der Waals surface area contributed by atoms with Gasteiger partial charge in [-0.25, -0.2) is 9.67 Å². The lowest BCUT2D eigenvalue weighted by Crippen LogP contribution is -2.06.